The number of nitrogens with one attached hydrogen (secondary N) is 1. The molecule has 0 aliphatic heterocycles. The van der Waals surface area contributed by atoms with E-state index in [0.717, 1.165) is 11.3 Å². The molecule has 2 aromatic heterocycles. The van der Waals surface area contributed by atoms with E-state index in [1.807, 2.05) is 44.2 Å². The Balaban J connectivity index is 1.56. The topological polar surface area (TPSA) is 104 Å². The van der Waals surface area contributed by atoms with Crippen LogP contribution in [0.5, 0.6) is 5.75 Å². The summed E-state index contributed by atoms with van der Waals surface area (Å²) in [4.78, 5) is 29.1. The lowest BCUT2D eigenvalue weighted by Crippen LogP contribution is -2.31. The number of aromatic nitrogens is 2. The SMILES string of the molecule is COc1ccccc1C(C)NC(=O)COC(=O)c1cccnc1SCc1cc(C)on1. The van der Waals surface area contributed by atoms with Crippen LogP contribution in [0.1, 0.15) is 40.3 Å². The number of amides is 1. The van der Waals surface area contributed by atoms with Crippen molar-refractivity contribution in [1.82, 2.24) is 15.5 Å². The summed E-state index contributed by atoms with van der Waals surface area (Å²) < 4.78 is 15.6. The summed E-state index contributed by atoms with van der Waals surface area (Å²) in [5.74, 6) is 0.845. The third-order valence-corrected chi connectivity index (χ3v) is 5.38. The molecule has 0 bridgehead atoms. The Labute approximate surface area is 184 Å². The number of methoxy groups -OCH3 is 1. The highest BCUT2D eigenvalue weighted by molar-refractivity contribution is 7.98. The van der Waals surface area contributed by atoms with Crippen LogP contribution < -0.4 is 10.1 Å². The molecule has 3 aromatic rings. The van der Waals surface area contributed by atoms with Crippen molar-refractivity contribution in [2.24, 2.45) is 0 Å². The van der Waals surface area contributed by atoms with Crippen LogP contribution >= 0.6 is 11.8 Å². The first-order valence-corrected chi connectivity index (χ1v) is 10.6. The second kappa shape index (κ2) is 10.6. The summed E-state index contributed by atoms with van der Waals surface area (Å²) >= 11 is 1.34. The number of para-hydroxylation sites is 1. The van der Waals surface area contributed by atoms with Crippen molar-refractivity contribution >= 4 is 23.6 Å². The number of aryl methyl sites for hydroxylation is 1. The number of hydrogen-bond acceptors (Lipinski definition) is 8. The van der Waals surface area contributed by atoms with Gasteiger partial charge in [0.2, 0.25) is 0 Å². The fraction of sp³-hybridized carbons (Fsp3) is 0.273. The van der Waals surface area contributed by atoms with Crippen molar-refractivity contribution in [3.05, 3.63) is 71.2 Å². The molecular weight excluding hydrogens is 418 g/mol. The van der Waals surface area contributed by atoms with Gasteiger partial charge >= 0.3 is 5.97 Å². The minimum Gasteiger partial charge on any atom is -0.496 e. The Morgan fingerprint density at radius 1 is 1.23 bits per heavy atom. The number of thioether (sulfide) groups is 1. The van der Waals surface area contributed by atoms with Crippen molar-refractivity contribution in [3.63, 3.8) is 0 Å². The molecule has 0 aliphatic rings. The van der Waals surface area contributed by atoms with Gasteiger partial charge in [-0.2, -0.15) is 0 Å². The third-order valence-electron chi connectivity index (χ3n) is 4.34. The lowest BCUT2D eigenvalue weighted by molar-refractivity contribution is -0.124. The molecule has 1 unspecified atom stereocenters. The van der Waals surface area contributed by atoms with Gasteiger partial charge in [0.1, 0.15) is 16.5 Å². The van der Waals surface area contributed by atoms with E-state index in [0.29, 0.717) is 27.9 Å². The molecule has 1 atom stereocenters. The second-order valence-corrected chi connectivity index (χ2v) is 7.65. The van der Waals surface area contributed by atoms with E-state index in [9.17, 15) is 9.59 Å². The molecule has 31 heavy (non-hydrogen) atoms. The second-order valence-electron chi connectivity index (χ2n) is 6.68. The Morgan fingerprint density at radius 3 is 2.77 bits per heavy atom. The molecule has 0 saturated carbocycles. The maximum absolute atomic E-state index is 12.5. The Bertz CT molecular complexity index is 1050. The van der Waals surface area contributed by atoms with E-state index >= 15 is 0 Å². The van der Waals surface area contributed by atoms with Gasteiger partial charge in [-0.25, -0.2) is 9.78 Å². The van der Waals surface area contributed by atoms with E-state index < -0.39 is 18.5 Å². The molecule has 1 amide bonds. The maximum atomic E-state index is 12.5. The number of benzene rings is 1. The fourth-order valence-electron chi connectivity index (χ4n) is 2.88. The van der Waals surface area contributed by atoms with Crippen LogP contribution in [0.3, 0.4) is 0 Å². The number of carbonyl (C=O) groups excluding carboxylic acids is 2. The molecule has 9 heteroatoms. The first kappa shape index (κ1) is 22.4. The van der Waals surface area contributed by atoms with Crippen LogP contribution in [0.25, 0.3) is 0 Å². The molecule has 0 aliphatic carbocycles. The zero-order valence-corrected chi connectivity index (χ0v) is 18.3. The van der Waals surface area contributed by atoms with Gasteiger partial charge in [0, 0.05) is 23.6 Å². The number of carbonyl (C=O) groups is 2. The normalized spacial score (nSPS) is 11.6. The summed E-state index contributed by atoms with van der Waals surface area (Å²) in [5, 5.41) is 7.23. The van der Waals surface area contributed by atoms with E-state index in [2.05, 4.69) is 15.5 Å². The lowest BCUT2D eigenvalue weighted by atomic mass is 10.1. The van der Waals surface area contributed by atoms with Crippen LogP contribution in [0.2, 0.25) is 0 Å². The Morgan fingerprint density at radius 2 is 2.03 bits per heavy atom. The maximum Gasteiger partial charge on any atom is 0.341 e. The third kappa shape index (κ3) is 6.08. The number of nitrogens with zero attached hydrogens (tertiary/aromatic N) is 2. The minimum absolute atomic E-state index is 0.290. The summed E-state index contributed by atoms with van der Waals surface area (Å²) in [6.45, 7) is 3.24. The van der Waals surface area contributed by atoms with Crippen LogP contribution in [0.15, 0.2) is 58.2 Å². The van der Waals surface area contributed by atoms with Gasteiger partial charge in [0.05, 0.1) is 24.4 Å². The van der Waals surface area contributed by atoms with Gasteiger partial charge in [-0.15, -0.1) is 0 Å². The quantitative estimate of drug-likeness (QED) is 0.396. The predicted octanol–water partition coefficient (Wildman–Crippen LogP) is 3.71. The fourth-order valence-corrected chi connectivity index (χ4v) is 3.75. The highest BCUT2D eigenvalue weighted by Crippen LogP contribution is 2.25. The molecule has 3 rings (SSSR count). The largest absolute Gasteiger partial charge is 0.496 e. The van der Waals surface area contributed by atoms with E-state index in [-0.39, 0.29) is 6.04 Å². The molecule has 1 aromatic carbocycles. The molecule has 1 N–H and O–H groups in total. The first-order chi connectivity index (χ1) is 15.0. The van der Waals surface area contributed by atoms with E-state index in [1.54, 1.807) is 25.4 Å². The van der Waals surface area contributed by atoms with Crippen LogP contribution in [0, 0.1) is 6.92 Å². The Hall–Kier alpha value is -3.33. The molecule has 162 valence electrons. The Kier molecular flexibility index (Phi) is 7.66. The van der Waals surface area contributed by atoms with Gasteiger partial charge < -0.3 is 19.3 Å². The van der Waals surface area contributed by atoms with Crippen LogP contribution in [0.4, 0.5) is 0 Å². The van der Waals surface area contributed by atoms with Crippen molar-refractivity contribution < 1.29 is 23.6 Å². The molecule has 0 spiro atoms. The van der Waals surface area contributed by atoms with Crippen LogP contribution in [-0.2, 0) is 15.3 Å². The van der Waals surface area contributed by atoms with Gasteiger partial charge in [0.15, 0.2) is 6.61 Å². The summed E-state index contributed by atoms with van der Waals surface area (Å²) in [6.07, 6.45) is 1.59. The summed E-state index contributed by atoms with van der Waals surface area (Å²) in [7, 11) is 1.57. The number of rotatable bonds is 9. The number of esters is 1. The summed E-state index contributed by atoms with van der Waals surface area (Å²) in [6, 6.07) is 12.2. The number of ether oxygens (including phenoxy) is 2. The molecule has 8 nitrogen and oxygen atoms in total. The highest BCUT2D eigenvalue weighted by atomic mass is 32.2. The monoisotopic (exact) mass is 441 g/mol. The molecule has 0 fully saturated rings. The average molecular weight is 442 g/mol. The van der Waals surface area contributed by atoms with Crippen molar-refractivity contribution in [3.8, 4) is 5.75 Å². The minimum atomic E-state index is -0.618. The van der Waals surface area contributed by atoms with Crippen molar-refractivity contribution in [2.45, 2.75) is 30.7 Å². The van der Waals surface area contributed by atoms with Crippen molar-refractivity contribution in [1.29, 1.82) is 0 Å². The highest BCUT2D eigenvalue weighted by Gasteiger charge is 2.18. The first-order valence-electron chi connectivity index (χ1n) is 9.57. The number of hydrogen-bond donors (Lipinski definition) is 1. The molecular formula is C22H23N3O5S. The van der Waals surface area contributed by atoms with Gasteiger partial charge in [-0.3, -0.25) is 4.79 Å². The zero-order valence-electron chi connectivity index (χ0n) is 17.5. The molecule has 0 radical (unpaired) electrons. The molecule has 0 saturated heterocycles. The van der Waals surface area contributed by atoms with Gasteiger partial charge in [0.25, 0.3) is 5.91 Å². The van der Waals surface area contributed by atoms with Gasteiger partial charge in [-0.05, 0) is 32.0 Å². The number of pyridine rings is 1. The van der Waals surface area contributed by atoms with Crippen LogP contribution in [-0.4, -0.2) is 35.7 Å². The molecule has 2 heterocycles. The van der Waals surface area contributed by atoms with Crippen molar-refractivity contribution in [2.75, 3.05) is 13.7 Å². The predicted molar refractivity (Wildman–Crippen MR) is 115 cm³/mol. The van der Waals surface area contributed by atoms with E-state index in [4.69, 9.17) is 14.0 Å². The smallest absolute Gasteiger partial charge is 0.341 e. The lowest BCUT2D eigenvalue weighted by Gasteiger charge is -2.17. The van der Waals surface area contributed by atoms with Gasteiger partial charge in [-0.1, -0.05) is 35.1 Å². The summed E-state index contributed by atoms with van der Waals surface area (Å²) in [5.41, 5.74) is 1.87. The standard InChI is InChI=1S/C22H23N3O5S/c1-14-11-16(25-30-14)13-31-21-18(8-6-10-23-21)22(27)29-12-20(26)24-15(2)17-7-4-5-9-19(17)28-3/h4-11,15H,12-13H2,1-3H3,(H,24,26). The van der Waals surface area contributed by atoms with E-state index in [1.165, 1.54) is 11.8 Å². The average Bonchev–Trinajstić information content (AvgIpc) is 3.21. The zero-order chi connectivity index (χ0) is 22.2.